The largest absolute Gasteiger partial charge is 2.00 e. The third-order valence-electron chi connectivity index (χ3n) is 0. The van der Waals surface area contributed by atoms with E-state index in [-0.39, 0.29) is 80.3 Å². The first-order chi connectivity index (χ1) is 0. The number of hydrogen-bond acceptors (Lipinski definition) is 0. The van der Waals surface area contributed by atoms with E-state index in [0.29, 0.717) is 0 Å². The molecule has 0 rings (SSSR count). The van der Waals surface area contributed by atoms with Crippen molar-refractivity contribution in [2.75, 3.05) is 0 Å². The second-order valence-corrected chi connectivity index (χ2v) is 0. The zero-order valence-corrected chi connectivity index (χ0v) is 7.63. The van der Waals surface area contributed by atoms with E-state index in [1.54, 1.807) is 0 Å². The molecule has 0 bridgehead atoms. The van der Waals surface area contributed by atoms with Crippen LogP contribution in [-0.4, -0.2) is 0 Å². The molecule has 0 saturated heterocycles. The van der Waals surface area contributed by atoms with Gasteiger partial charge in [0.25, 0.3) is 0 Å². The van der Waals surface area contributed by atoms with Gasteiger partial charge in [-0.3, -0.25) is 0 Å². The van der Waals surface area contributed by atoms with E-state index >= 15 is 0 Å². The summed E-state index contributed by atoms with van der Waals surface area (Å²) in [5.74, 6) is 0. The minimum Gasteiger partial charge on any atom is -1.00 e. The molecule has 0 heterocycles. The Bertz CT molecular complexity index is 6.85. The average molecular weight is 161 g/mol. The van der Waals surface area contributed by atoms with Gasteiger partial charge < -0.3 is 37.2 Å². The summed E-state index contributed by atoms with van der Waals surface area (Å²) in [4.78, 5) is 0. The summed E-state index contributed by atoms with van der Waals surface area (Å²) in [7, 11) is 0. The summed E-state index contributed by atoms with van der Waals surface area (Å²) in [6.45, 7) is 0. The zero-order valence-electron chi connectivity index (χ0n) is 2.54. The number of rotatable bonds is 0. The molecule has 0 aliphatic heterocycles. The van der Waals surface area contributed by atoms with Crippen LogP contribution in [0.2, 0.25) is 0 Å². The van der Waals surface area contributed by atoms with Crippen molar-refractivity contribution in [3.8, 4) is 0 Å². The predicted octanol–water partition coefficient (Wildman–Crippen LogP) is -12.0. The van der Waals surface area contributed by atoms with Crippen LogP contribution in [0.5, 0.6) is 0 Å². The van der Waals surface area contributed by atoms with Crippen molar-refractivity contribution in [1.29, 1.82) is 0 Å². The van der Waals surface area contributed by atoms with Crippen LogP contribution in [0, 0.1) is 0 Å². The van der Waals surface area contributed by atoms with Gasteiger partial charge in [-0.2, -0.15) is 0 Å². The van der Waals surface area contributed by atoms with Crippen molar-refractivity contribution in [3.63, 3.8) is 0 Å². The molecule has 0 nitrogen and oxygen atoms in total. The molecule has 0 aromatic heterocycles. The Kier molecular flexibility index (Phi) is 390. The fraction of sp³-hybridized carbons (Fsp3) is 0. The number of halogens is 3. The zero-order chi connectivity index (χ0) is 0. The van der Waals surface area contributed by atoms with Gasteiger partial charge >= 0.3 is 43.1 Å². The van der Waals surface area contributed by atoms with Gasteiger partial charge in [-0.1, -0.05) is 0 Å². The molecule has 0 aromatic carbocycles. The van der Waals surface area contributed by atoms with Gasteiger partial charge in [0.05, 0.1) is 0 Å². The SMILES string of the molecule is [Cl-].[Cl-].[Cl-].[Na+].[S+2]. The Morgan fingerprint density at radius 1 is 0.600 bits per heavy atom. The predicted molar refractivity (Wildman–Crippen MR) is 7.37 cm³/mol. The van der Waals surface area contributed by atoms with Crippen LogP contribution < -0.4 is 66.8 Å². The van der Waals surface area contributed by atoms with E-state index in [2.05, 4.69) is 0 Å². The molecule has 5 heteroatoms. The van der Waals surface area contributed by atoms with Crippen LogP contribution in [0.15, 0.2) is 0 Å². The first-order valence-corrected chi connectivity index (χ1v) is 0. The Morgan fingerprint density at radius 3 is 0.600 bits per heavy atom. The van der Waals surface area contributed by atoms with Crippen LogP contribution in [0.1, 0.15) is 0 Å². The summed E-state index contributed by atoms with van der Waals surface area (Å²) in [5.41, 5.74) is 0. The fourth-order valence-electron chi connectivity index (χ4n) is 0. The van der Waals surface area contributed by atoms with Crippen LogP contribution in [-0.2, 0) is 13.5 Å². The first-order valence-electron chi connectivity index (χ1n) is 0. The summed E-state index contributed by atoms with van der Waals surface area (Å²) in [6.07, 6.45) is 0. The monoisotopic (exact) mass is 160 g/mol. The maximum Gasteiger partial charge on any atom is 2.00 e. The molecule has 28 valence electrons. The maximum atomic E-state index is 0. The Hall–Kier alpha value is 2.22. The van der Waals surface area contributed by atoms with Gasteiger partial charge in [0.15, 0.2) is 0 Å². The van der Waals surface area contributed by atoms with E-state index in [1.165, 1.54) is 0 Å². The van der Waals surface area contributed by atoms with E-state index in [1.807, 2.05) is 0 Å². The van der Waals surface area contributed by atoms with E-state index < -0.39 is 0 Å². The molecule has 0 atom stereocenters. The van der Waals surface area contributed by atoms with Crippen LogP contribution in [0.25, 0.3) is 0 Å². The molecule has 0 spiro atoms. The molecule has 4 radical (unpaired) electrons. The van der Waals surface area contributed by atoms with Crippen molar-refractivity contribution in [2.45, 2.75) is 0 Å². The third kappa shape index (κ3) is 22.5. The van der Waals surface area contributed by atoms with Crippen LogP contribution in [0.3, 0.4) is 0 Å². The van der Waals surface area contributed by atoms with E-state index in [4.69, 9.17) is 0 Å². The molecule has 0 fully saturated rings. The molecule has 0 aliphatic rings. The van der Waals surface area contributed by atoms with Gasteiger partial charge in [0.2, 0.25) is 0 Å². The Labute approximate surface area is 79.4 Å². The topological polar surface area (TPSA) is 0 Å². The summed E-state index contributed by atoms with van der Waals surface area (Å²) in [5, 5.41) is 0. The summed E-state index contributed by atoms with van der Waals surface area (Å²) >= 11 is 0. The van der Waals surface area contributed by atoms with Crippen molar-refractivity contribution in [3.05, 3.63) is 0 Å². The number of hydrogen-bond donors (Lipinski definition) is 0. The third-order valence-corrected chi connectivity index (χ3v) is 0. The van der Waals surface area contributed by atoms with Crippen molar-refractivity contribution in [2.24, 2.45) is 0 Å². The fourth-order valence-corrected chi connectivity index (χ4v) is 0. The summed E-state index contributed by atoms with van der Waals surface area (Å²) < 4.78 is 0. The van der Waals surface area contributed by atoms with Gasteiger partial charge in [-0.25, -0.2) is 0 Å². The van der Waals surface area contributed by atoms with Crippen LogP contribution in [0.4, 0.5) is 0 Å². The van der Waals surface area contributed by atoms with Crippen molar-refractivity contribution in [1.82, 2.24) is 0 Å². The Balaban J connectivity index is 0. The summed E-state index contributed by atoms with van der Waals surface area (Å²) in [6, 6.07) is 0. The smallest absolute Gasteiger partial charge is 1.00 e. The first kappa shape index (κ1) is 56.7. The second-order valence-electron chi connectivity index (χ2n) is 0. The van der Waals surface area contributed by atoms with Crippen molar-refractivity contribution < 1.29 is 66.8 Å². The van der Waals surface area contributed by atoms with Gasteiger partial charge in [-0.05, 0) is 0 Å². The van der Waals surface area contributed by atoms with E-state index in [9.17, 15) is 0 Å². The maximum absolute atomic E-state index is 0. The molecule has 0 unspecified atom stereocenters. The van der Waals surface area contributed by atoms with Gasteiger partial charge in [0.1, 0.15) is 0 Å². The molecular formula is Cl3NaS. The normalized spacial score (nSPS) is 0. The second kappa shape index (κ2) is 34.4. The molecule has 0 saturated carbocycles. The molecule has 0 N–H and O–H groups in total. The van der Waals surface area contributed by atoms with Crippen LogP contribution >= 0.6 is 0 Å². The van der Waals surface area contributed by atoms with Gasteiger partial charge in [-0.15, -0.1) is 0 Å². The van der Waals surface area contributed by atoms with Gasteiger partial charge in [0, 0.05) is 0 Å². The quantitative estimate of drug-likeness (QED) is 0.310. The minimum absolute atomic E-state index is 0. The standard InChI is InChI=1S/3ClH.Na.S/h3*1H;;/q;;;+1;+2/p-3. The molecule has 0 amide bonds. The minimum atomic E-state index is 0. The molecule has 0 aliphatic carbocycles. The molecule has 5 heavy (non-hydrogen) atoms. The van der Waals surface area contributed by atoms with E-state index in [0.717, 1.165) is 0 Å². The average Bonchev–Trinajstić information content (AvgIpc) is 0. The molecule has 0 aromatic rings. The molecular weight excluding hydrogens is 161 g/mol. The Morgan fingerprint density at radius 2 is 0.600 bits per heavy atom. The van der Waals surface area contributed by atoms with Crippen molar-refractivity contribution >= 4 is 13.5 Å².